The first-order chi connectivity index (χ1) is 21.7. The molecule has 0 saturated heterocycles. The van der Waals surface area contributed by atoms with Gasteiger partial charge in [0, 0.05) is 17.5 Å². The van der Waals surface area contributed by atoms with Crippen molar-refractivity contribution in [2.45, 2.75) is 110 Å². The van der Waals surface area contributed by atoms with Crippen LogP contribution < -0.4 is 10.6 Å². The minimum atomic E-state index is -1.12. The van der Waals surface area contributed by atoms with E-state index in [0.717, 1.165) is 57.8 Å². The van der Waals surface area contributed by atoms with Gasteiger partial charge < -0.3 is 20.5 Å². The van der Waals surface area contributed by atoms with Crippen molar-refractivity contribution in [3.63, 3.8) is 0 Å². The van der Waals surface area contributed by atoms with Gasteiger partial charge in [-0.1, -0.05) is 45.4 Å². The van der Waals surface area contributed by atoms with Crippen LogP contribution in [0.25, 0.3) is 0 Å². The number of methoxy groups -OCH3 is 1. The molecule has 0 aliphatic heterocycles. The monoisotopic (exact) mass is 634 g/mol. The highest BCUT2D eigenvalue weighted by Gasteiger charge is 2.66. The van der Waals surface area contributed by atoms with Crippen molar-refractivity contribution in [3.05, 3.63) is 47.0 Å². The number of allylic oxidation sites excluding steroid dienone is 2. The average molecular weight is 635 g/mol. The van der Waals surface area contributed by atoms with Crippen LogP contribution in [0.4, 0.5) is 0 Å². The van der Waals surface area contributed by atoms with Crippen LogP contribution in [0, 0.1) is 39.9 Å². The number of ether oxygens (including phenoxy) is 1. The van der Waals surface area contributed by atoms with E-state index in [1.54, 1.807) is 18.2 Å². The molecule has 4 unspecified atom stereocenters. The zero-order chi connectivity index (χ0) is 33.7. The second kappa shape index (κ2) is 12.6. The minimum absolute atomic E-state index is 0.00661. The lowest BCUT2D eigenvalue weighted by Crippen LogP contribution is -2.72. The van der Waals surface area contributed by atoms with Gasteiger partial charge in [-0.15, -0.1) is 0 Å². The second-order valence-electron chi connectivity index (χ2n) is 15.9. The summed E-state index contributed by atoms with van der Waals surface area (Å²) in [5, 5.41) is 16.5. The first-order valence-corrected chi connectivity index (χ1v) is 17.3. The zero-order valence-corrected chi connectivity index (χ0v) is 28.8. The van der Waals surface area contributed by atoms with Crippen LogP contribution in [-0.4, -0.2) is 54.5 Å². The van der Waals surface area contributed by atoms with Crippen LogP contribution >= 0.6 is 0 Å². The van der Waals surface area contributed by atoms with E-state index in [1.165, 1.54) is 18.7 Å². The van der Waals surface area contributed by atoms with Crippen LogP contribution in [0.3, 0.4) is 0 Å². The standard InChI is InChI=1S/C38H54N2O6/c1-8-23(34(45)46-7)13-17-35(2)18-14-27-24(22-35)21-28(41)31-36(27,3)19-15-29-37(31,4)20-16-30(38(29,5)39-6)40-32(42)25-11-9-10-12-26(25)33(43)44/h9-12,21,23,27,29-31,39H,8,13-20,22H2,1-7H3,(H,40,42)(H,43,44)/t23-,27?,29?,30?,31?,35-,36+,37+,38-/m1/s1. The average Bonchev–Trinajstić information content (AvgIpc) is 3.01. The molecule has 3 saturated carbocycles. The Kier molecular flexibility index (Phi) is 9.37. The number of carbonyl (C=O) groups is 4. The fourth-order valence-corrected chi connectivity index (χ4v) is 10.8. The number of nitrogens with one attached hydrogen (secondary N) is 2. The molecule has 5 rings (SSSR count). The highest BCUT2D eigenvalue weighted by atomic mass is 16.5. The first kappa shape index (κ1) is 34.3. The van der Waals surface area contributed by atoms with Gasteiger partial charge in [0.2, 0.25) is 0 Å². The molecule has 0 heterocycles. The van der Waals surface area contributed by atoms with Crippen molar-refractivity contribution >= 4 is 23.6 Å². The minimum Gasteiger partial charge on any atom is -0.478 e. The maximum absolute atomic E-state index is 14.4. The highest BCUT2D eigenvalue weighted by molar-refractivity contribution is 6.05. The fourth-order valence-electron chi connectivity index (χ4n) is 10.8. The number of likely N-dealkylation sites (N-methyl/N-ethyl adjacent to an activating group) is 1. The SMILES string of the molecule is CC[C@H](CC[C@]1(C)CCC2C(=CC(=O)C3[C@@]2(C)CCC2[C@]3(C)CCC(NC(=O)c3ccccc3C(=O)O)[C@]2(C)NC)C1)C(=O)OC. The zero-order valence-electron chi connectivity index (χ0n) is 28.8. The molecule has 9 atom stereocenters. The number of benzene rings is 1. The van der Waals surface area contributed by atoms with Crippen molar-refractivity contribution < 1.29 is 29.0 Å². The van der Waals surface area contributed by atoms with E-state index in [0.29, 0.717) is 12.3 Å². The van der Waals surface area contributed by atoms with Gasteiger partial charge in [0.25, 0.3) is 5.91 Å². The fraction of sp³-hybridized carbons (Fsp3) is 0.684. The molecule has 252 valence electrons. The van der Waals surface area contributed by atoms with Crippen molar-refractivity contribution in [1.82, 2.24) is 10.6 Å². The third-order valence-corrected chi connectivity index (χ3v) is 13.4. The number of esters is 1. The lowest BCUT2D eigenvalue weighted by molar-refractivity contribution is -0.163. The molecule has 3 N–H and O–H groups in total. The van der Waals surface area contributed by atoms with E-state index in [1.807, 2.05) is 20.0 Å². The molecule has 0 spiro atoms. The van der Waals surface area contributed by atoms with E-state index in [4.69, 9.17) is 4.74 Å². The predicted molar refractivity (Wildman–Crippen MR) is 177 cm³/mol. The molecular formula is C38H54N2O6. The number of rotatable bonds is 9. The molecule has 46 heavy (non-hydrogen) atoms. The second-order valence-corrected chi connectivity index (χ2v) is 15.9. The summed E-state index contributed by atoms with van der Waals surface area (Å²) in [6.45, 7) is 11.2. The lowest BCUT2D eigenvalue weighted by Gasteiger charge is -2.67. The van der Waals surface area contributed by atoms with Crippen LogP contribution in [0.5, 0.6) is 0 Å². The Morgan fingerprint density at radius 3 is 2.30 bits per heavy atom. The van der Waals surface area contributed by atoms with Gasteiger partial charge in [-0.05, 0) is 124 Å². The summed E-state index contributed by atoms with van der Waals surface area (Å²) in [4.78, 5) is 51.9. The van der Waals surface area contributed by atoms with Gasteiger partial charge >= 0.3 is 11.9 Å². The first-order valence-electron chi connectivity index (χ1n) is 17.3. The van der Waals surface area contributed by atoms with Gasteiger partial charge in [0.15, 0.2) is 5.78 Å². The number of aromatic carboxylic acids is 1. The van der Waals surface area contributed by atoms with Crippen LogP contribution in [0.15, 0.2) is 35.9 Å². The van der Waals surface area contributed by atoms with E-state index in [9.17, 15) is 24.3 Å². The smallest absolute Gasteiger partial charge is 0.336 e. The Morgan fingerprint density at radius 2 is 1.67 bits per heavy atom. The van der Waals surface area contributed by atoms with Gasteiger partial charge in [-0.25, -0.2) is 4.79 Å². The third-order valence-electron chi connectivity index (χ3n) is 13.4. The number of hydrogen-bond acceptors (Lipinski definition) is 6. The van der Waals surface area contributed by atoms with Crippen LogP contribution in [-0.2, 0) is 14.3 Å². The number of carboxylic acid groups (broad SMARTS) is 1. The molecule has 1 aromatic rings. The largest absolute Gasteiger partial charge is 0.478 e. The Bertz CT molecular complexity index is 1420. The van der Waals surface area contributed by atoms with Crippen molar-refractivity contribution in [1.29, 1.82) is 0 Å². The molecule has 0 bridgehead atoms. The van der Waals surface area contributed by atoms with Crippen molar-refractivity contribution in [2.75, 3.05) is 14.2 Å². The Labute approximate surface area is 274 Å². The topological polar surface area (TPSA) is 122 Å². The number of fused-ring (bicyclic) bond motifs is 5. The number of amides is 1. The van der Waals surface area contributed by atoms with Crippen molar-refractivity contribution in [3.8, 4) is 0 Å². The summed E-state index contributed by atoms with van der Waals surface area (Å²) < 4.78 is 5.04. The Morgan fingerprint density at radius 1 is 1.00 bits per heavy atom. The summed E-state index contributed by atoms with van der Waals surface area (Å²) in [6.07, 6.45) is 11.0. The highest BCUT2D eigenvalue weighted by Crippen LogP contribution is 2.68. The Balaban J connectivity index is 1.38. The van der Waals surface area contributed by atoms with Crippen molar-refractivity contribution in [2.24, 2.45) is 39.9 Å². The maximum Gasteiger partial charge on any atom is 0.336 e. The van der Waals surface area contributed by atoms with Gasteiger partial charge in [0.05, 0.1) is 24.2 Å². The van der Waals surface area contributed by atoms with E-state index in [2.05, 4.69) is 38.3 Å². The molecule has 8 nitrogen and oxygen atoms in total. The van der Waals surface area contributed by atoms with E-state index in [-0.39, 0.29) is 68.8 Å². The molecule has 4 aliphatic rings. The normalized spacial score (nSPS) is 37.5. The summed E-state index contributed by atoms with van der Waals surface area (Å²) in [6, 6.07) is 6.13. The summed E-state index contributed by atoms with van der Waals surface area (Å²) in [5.41, 5.74) is 0.670. The lowest BCUT2D eigenvalue weighted by atomic mass is 9.38. The third kappa shape index (κ3) is 5.62. The number of hydrogen-bond donors (Lipinski definition) is 3. The van der Waals surface area contributed by atoms with Gasteiger partial charge in [-0.2, -0.15) is 0 Å². The van der Waals surface area contributed by atoms with E-state index >= 15 is 0 Å². The predicted octanol–water partition coefficient (Wildman–Crippen LogP) is 6.59. The quantitative estimate of drug-likeness (QED) is 0.262. The molecule has 0 radical (unpaired) electrons. The molecule has 0 aromatic heterocycles. The molecule has 8 heteroatoms. The summed E-state index contributed by atoms with van der Waals surface area (Å²) in [7, 11) is 3.40. The number of ketones is 1. The summed E-state index contributed by atoms with van der Waals surface area (Å²) in [5.74, 6) is -1.03. The molecule has 3 fully saturated rings. The van der Waals surface area contributed by atoms with Gasteiger partial charge in [-0.3, -0.25) is 14.4 Å². The van der Waals surface area contributed by atoms with Crippen LogP contribution in [0.2, 0.25) is 0 Å². The Hall–Kier alpha value is -3.00. The van der Waals surface area contributed by atoms with Crippen LogP contribution in [0.1, 0.15) is 120 Å². The number of carbonyl (C=O) groups excluding carboxylic acids is 3. The van der Waals surface area contributed by atoms with Gasteiger partial charge in [0.1, 0.15) is 0 Å². The summed E-state index contributed by atoms with van der Waals surface area (Å²) >= 11 is 0. The molecular weight excluding hydrogens is 580 g/mol. The number of carboxylic acids is 1. The molecule has 4 aliphatic carbocycles. The van der Waals surface area contributed by atoms with E-state index < -0.39 is 11.5 Å². The maximum atomic E-state index is 14.4. The molecule has 1 amide bonds. The molecule has 1 aromatic carbocycles.